The van der Waals surface area contributed by atoms with Crippen LogP contribution in [0.1, 0.15) is 22.8 Å². The maximum atomic E-state index is 5.35. The number of rotatable bonds is 4. The van der Waals surface area contributed by atoms with E-state index < -0.39 is 0 Å². The first-order valence-corrected chi connectivity index (χ1v) is 16.2. The van der Waals surface area contributed by atoms with E-state index in [1.165, 1.54) is 0 Å². The monoisotopic (exact) mass is 1020 g/mol. The summed E-state index contributed by atoms with van der Waals surface area (Å²) in [6.07, 6.45) is 8.54. The zero-order chi connectivity index (χ0) is 31.9. The van der Waals surface area contributed by atoms with E-state index in [0.29, 0.717) is 0 Å². The van der Waals surface area contributed by atoms with E-state index in [1.807, 2.05) is 24.3 Å². The Morgan fingerprint density at radius 2 is 0.520 bits per heavy atom. The summed E-state index contributed by atoms with van der Waals surface area (Å²) >= 11 is 0. The molecule has 7 aromatic rings. The fourth-order valence-electron chi connectivity index (χ4n) is 6.84. The average Bonchev–Trinajstić information content (AvgIpc) is 3.98. The van der Waals surface area contributed by atoms with Crippen LogP contribution in [-0.2, 0) is 22.4 Å². The third kappa shape index (κ3) is 6.20. The number of nitrogens with zero attached hydrogens (tertiary/aromatic N) is 2. The van der Waals surface area contributed by atoms with Crippen LogP contribution >= 0.6 is 0 Å². The number of aromatic amines is 2. The first-order chi connectivity index (χ1) is 23.8. The number of H-pyrrole nitrogens is 2. The molecule has 2 aliphatic heterocycles. The summed E-state index contributed by atoms with van der Waals surface area (Å²) in [4.78, 5) is 18.3. The van der Waals surface area contributed by atoms with Crippen molar-refractivity contribution in [2.75, 3.05) is 0 Å². The van der Waals surface area contributed by atoms with Gasteiger partial charge >= 0.3 is 49.7 Å². The standard InChI is InChI=1S/C44H30N4.Au.Pb/c1-5-13-29(14-6-1)41-33-21-23-35(45-33)42(30-15-7-2-8-16-30)37-25-27-39(47-37)44(32-19-11-4-12-20-32)40-28-26-38(48-40)43(31-17-9-3-10-18-31)36-24-22-34(41)46-36;;/h1-28,45,48H;;/q;+3;+2. The molecular weight excluding hydrogens is 989 g/mol. The molecule has 0 saturated carbocycles. The van der Waals surface area contributed by atoms with Crippen molar-refractivity contribution in [2.45, 2.75) is 0 Å². The molecule has 9 rings (SSSR count). The van der Waals surface area contributed by atoms with Crippen LogP contribution in [0.3, 0.4) is 0 Å². The fourth-order valence-corrected chi connectivity index (χ4v) is 6.84. The van der Waals surface area contributed by atoms with Gasteiger partial charge in [-0.2, -0.15) is 0 Å². The fraction of sp³-hybridized carbons (Fsp3) is 0. The first-order valence-electron chi connectivity index (χ1n) is 16.2. The molecule has 8 bridgehead atoms. The van der Waals surface area contributed by atoms with Crippen LogP contribution in [0, 0.1) is 0 Å². The van der Waals surface area contributed by atoms with Gasteiger partial charge in [-0.25, -0.2) is 9.97 Å². The largest absolute Gasteiger partial charge is 3.00 e. The third-order valence-corrected chi connectivity index (χ3v) is 9.00. The van der Waals surface area contributed by atoms with Gasteiger partial charge in [-0.1, -0.05) is 121 Å². The van der Waals surface area contributed by atoms with Crippen LogP contribution in [-0.4, -0.2) is 47.2 Å². The predicted octanol–water partition coefficient (Wildman–Crippen LogP) is 10.9. The molecule has 236 valence electrons. The summed E-state index contributed by atoms with van der Waals surface area (Å²) < 4.78 is 0. The van der Waals surface area contributed by atoms with Crippen molar-refractivity contribution in [2.24, 2.45) is 0 Å². The van der Waals surface area contributed by atoms with Gasteiger partial charge in [0, 0.05) is 44.3 Å². The topological polar surface area (TPSA) is 57.4 Å². The van der Waals surface area contributed by atoms with Gasteiger partial charge in [-0.3, -0.25) is 0 Å². The van der Waals surface area contributed by atoms with Gasteiger partial charge in [0.25, 0.3) is 0 Å². The molecule has 0 amide bonds. The Balaban J connectivity index is 0.00000196. The summed E-state index contributed by atoms with van der Waals surface area (Å²) in [5.74, 6) is 0. The van der Waals surface area contributed by atoms with Gasteiger partial charge in [-0.05, 0) is 70.8 Å². The Kier molecular flexibility index (Phi) is 9.79. The quantitative estimate of drug-likeness (QED) is 0.173. The number of aromatic nitrogens is 4. The normalized spacial score (nSPS) is 11.5. The summed E-state index contributed by atoms with van der Waals surface area (Å²) in [6, 6.07) is 50.7. The van der Waals surface area contributed by atoms with Gasteiger partial charge in [-0.15, -0.1) is 0 Å². The molecule has 6 heteroatoms. The van der Waals surface area contributed by atoms with Crippen LogP contribution in [0.4, 0.5) is 0 Å². The minimum absolute atomic E-state index is 0. The second-order valence-corrected chi connectivity index (χ2v) is 12.0. The predicted molar refractivity (Wildman–Crippen MR) is 206 cm³/mol. The molecule has 2 radical (unpaired) electrons. The van der Waals surface area contributed by atoms with E-state index in [4.69, 9.17) is 9.97 Å². The van der Waals surface area contributed by atoms with Crippen LogP contribution in [0.25, 0.3) is 90.9 Å². The van der Waals surface area contributed by atoms with E-state index in [2.05, 4.69) is 156 Å². The number of hydrogen-bond acceptors (Lipinski definition) is 2. The Hall–Kier alpha value is -4.86. The maximum Gasteiger partial charge on any atom is 3.00 e. The van der Waals surface area contributed by atoms with Crippen molar-refractivity contribution < 1.29 is 22.4 Å². The zero-order valence-electron chi connectivity index (χ0n) is 26.9. The number of nitrogens with one attached hydrogen (secondary N) is 2. The summed E-state index contributed by atoms with van der Waals surface area (Å²) in [5, 5.41) is 0. The van der Waals surface area contributed by atoms with Crippen LogP contribution in [0.15, 0.2) is 146 Å². The van der Waals surface area contributed by atoms with Gasteiger partial charge in [0.05, 0.1) is 22.8 Å². The first kappa shape index (κ1) is 33.6. The second-order valence-electron chi connectivity index (χ2n) is 12.0. The smallest absolute Gasteiger partial charge is 0.354 e. The average molecular weight is 1020 g/mol. The molecule has 0 spiro atoms. The molecule has 0 atom stereocenters. The van der Waals surface area contributed by atoms with Crippen molar-refractivity contribution in [1.82, 2.24) is 19.9 Å². The zero-order valence-corrected chi connectivity index (χ0v) is 32.9. The molecule has 3 aromatic heterocycles. The van der Waals surface area contributed by atoms with Crippen molar-refractivity contribution in [1.29, 1.82) is 0 Å². The van der Waals surface area contributed by atoms with Crippen molar-refractivity contribution >= 4 is 73.7 Å². The summed E-state index contributed by atoms with van der Waals surface area (Å²) in [7, 11) is 0. The molecule has 50 heavy (non-hydrogen) atoms. The van der Waals surface area contributed by atoms with E-state index in [1.54, 1.807) is 0 Å². The molecule has 0 saturated heterocycles. The van der Waals surface area contributed by atoms with Crippen molar-refractivity contribution in [3.8, 4) is 44.5 Å². The molecular formula is C44H30AuN4Pb+5. The Morgan fingerprint density at radius 3 is 0.740 bits per heavy atom. The molecule has 5 heterocycles. The molecule has 2 N–H and O–H groups in total. The number of fused-ring (bicyclic) bond motifs is 8. The van der Waals surface area contributed by atoms with Crippen molar-refractivity contribution in [3.05, 3.63) is 168 Å². The SMILES string of the molecule is C1=Cc2nc1c(-c1ccccc1)c1ccc([nH]1)c(-c1ccccc1)c1nc(c(-c3ccccc3)c3ccc([nH]3)c2-c2ccccc2)C=C1.[Au+3].[Pb+2]. The van der Waals surface area contributed by atoms with E-state index in [-0.39, 0.29) is 49.7 Å². The molecule has 4 nitrogen and oxygen atoms in total. The number of benzene rings is 4. The van der Waals surface area contributed by atoms with Gasteiger partial charge in [0.15, 0.2) is 0 Å². The summed E-state index contributed by atoms with van der Waals surface area (Å²) in [6.45, 7) is 0. The summed E-state index contributed by atoms with van der Waals surface area (Å²) in [5.41, 5.74) is 16.2. The molecule has 2 aliphatic rings. The van der Waals surface area contributed by atoms with Crippen LogP contribution < -0.4 is 0 Å². The van der Waals surface area contributed by atoms with E-state index in [0.717, 1.165) is 89.4 Å². The van der Waals surface area contributed by atoms with Gasteiger partial charge in [0.2, 0.25) is 0 Å². The van der Waals surface area contributed by atoms with Crippen LogP contribution in [0.5, 0.6) is 0 Å². The molecule has 0 unspecified atom stereocenters. The molecule has 4 aromatic carbocycles. The molecule has 0 aliphatic carbocycles. The molecule has 0 fully saturated rings. The Morgan fingerprint density at radius 1 is 0.300 bits per heavy atom. The van der Waals surface area contributed by atoms with E-state index in [9.17, 15) is 0 Å². The van der Waals surface area contributed by atoms with Gasteiger partial charge < -0.3 is 9.97 Å². The Bertz CT molecular complexity index is 2190. The maximum absolute atomic E-state index is 5.35. The van der Waals surface area contributed by atoms with Gasteiger partial charge in [0.1, 0.15) is 0 Å². The van der Waals surface area contributed by atoms with E-state index >= 15 is 0 Å². The Labute approximate surface area is 326 Å². The minimum atomic E-state index is 0. The van der Waals surface area contributed by atoms with Crippen molar-refractivity contribution in [3.63, 3.8) is 0 Å². The number of hydrogen-bond donors (Lipinski definition) is 2. The minimum Gasteiger partial charge on any atom is -0.354 e. The third-order valence-electron chi connectivity index (χ3n) is 9.00. The van der Waals surface area contributed by atoms with Crippen LogP contribution in [0.2, 0.25) is 0 Å². The second kappa shape index (κ2) is 14.6.